The van der Waals surface area contributed by atoms with Gasteiger partial charge in [0, 0.05) is 12.3 Å². The smallest absolute Gasteiger partial charge is 0.243 e. The average molecular weight is 281 g/mol. The van der Waals surface area contributed by atoms with Gasteiger partial charge in [0.25, 0.3) is 0 Å². The molecule has 1 aromatic heterocycles. The maximum atomic E-state index is 12.1. The molecule has 2 atom stereocenters. The van der Waals surface area contributed by atoms with Crippen molar-refractivity contribution in [3.63, 3.8) is 0 Å². The van der Waals surface area contributed by atoms with Crippen LogP contribution in [0.5, 0.6) is 0 Å². The molecule has 0 aromatic carbocycles. The van der Waals surface area contributed by atoms with E-state index in [4.69, 9.17) is 0 Å². The van der Waals surface area contributed by atoms with E-state index < -0.39 is 0 Å². The van der Waals surface area contributed by atoms with Gasteiger partial charge in [-0.2, -0.15) is 0 Å². The zero-order valence-corrected chi connectivity index (χ0v) is 12.0. The van der Waals surface area contributed by atoms with E-state index in [0.29, 0.717) is 16.7 Å². The standard InChI is InChI=1S/C13H19N3O2S/c1-3-9-4-5-14-10(6-9)12(18)16-13-15-11(7-19-13)8(2)17/h7,9-10,14H,3-6H2,1-2H3,(H,15,16,18). The molecule has 6 heteroatoms. The van der Waals surface area contributed by atoms with Crippen molar-refractivity contribution in [2.75, 3.05) is 11.9 Å². The number of ketones is 1. The summed E-state index contributed by atoms with van der Waals surface area (Å²) in [5, 5.41) is 8.18. The van der Waals surface area contributed by atoms with Gasteiger partial charge in [-0.15, -0.1) is 11.3 Å². The lowest BCUT2D eigenvalue weighted by Gasteiger charge is -2.28. The molecule has 2 heterocycles. The van der Waals surface area contributed by atoms with Crippen LogP contribution >= 0.6 is 11.3 Å². The molecule has 0 bridgehead atoms. The fourth-order valence-corrected chi connectivity index (χ4v) is 3.00. The molecule has 104 valence electrons. The van der Waals surface area contributed by atoms with Crippen molar-refractivity contribution in [3.8, 4) is 0 Å². The van der Waals surface area contributed by atoms with Gasteiger partial charge in [-0.05, 0) is 25.3 Å². The van der Waals surface area contributed by atoms with E-state index >= 15 is 0 Å². The number of carbonyl (C=O) groups is 2. The Morgan fingerprint density at radius 2 is 2.37 bits per heavy atom. The summed E-state index contributed by atoms with van der Waals surface area (Å²) < 4.78 is 0. The van der Waals surface area contributed by atoms with Crippen molar-refractivity contribution in [1.82, 2.24) is 10.3 Å². The molecule has 0 spiro atoms. The van der Waals surface area contributed by atoms with Crippen LogP contribution in [-0.4, -0.2) is 29.3 Å². The SMILES string of the molecule is CCC1CCNC(C(=O)Nc2nc(C(C)=O)cs2)C1. The number of nitrogens with zero attached hydrogens (tertiary/aromatic N) is 1. The van der Waals surface area contributed by atoms with Crippen LogP contribution in [0.15, 0.2) is 5.38 Å². The van der Waals surface area contributed by atoms with Crippen molar-refractivity contribution in [2.45, 2.75) is 39.2 Å². The highest BCUT2D eigenvalue weighted by molar-refractivity contribution is 7.14. The maximum Gasteiger partial charge on any atom is 0.243 e. The van der Waals surface area contributed by atoms with Gasteiger partial charge in [0.2, 0.25) is 5.91 Å². The number of hydrogen-bond acceptors (Lipinski definition) is 5. The Balaban J connectivity index is 1.94. The predicted molar refractivity (Wildman–Crippen MR) is 75.6 cm³/mol. The van der Waals surface area contributed by atoms with Gasteiger partial charge in [-0.25, -0.2) is 4.98 Å². The zero-order valence-electron chi connectivity index (χ0n) is 11.2. The monoisotopic (exact) mass is 281 g/mol. The van der Waals surface area contributed by atoms with Crippen molar-refractivity contribution in [2.24, 2.45) is 5.92 Å². The quantitative estimate of drug-likeness (QED) is 0.829. The first-order valence-electron chi connectivity index (χ1n) is 6.60. The maximum absolute atomic E-state index is 12.1. The highest BCUT2D eigenvalue weighted by Crippen LogP contribution is 2.21. The summed E-state index contributed by atoms with van der Waals surface area (Å²) in [4.78, 5) is 27.4. The van der Waals surface area contributed by atoms with Gasteiger partial charge in [0.05, 0.1) is 6.04 Å². The second-order valence-corrected chi connectivity index (χ2v) is 5.75. The lowest BCUT2D eigenvalue weighted by atomic mass is 9.90. The molecule has 1 fully saturated rings. The molecule has 2 unspecified atom stereocenters. The van der Waals surface area contributed by atoms with E-state index in [0.717, 1.165) is 25.8 Å². The van der Waals surface area contributed by atoms with E-state index in [2.05, 4.69) is 22.5 Å². The number of piperidine rings is 1. The molecule has 2 N–H and O–H groups in total. The van der Waals surface area contributed by atoms with Crippen LogP contribution in [0.4, 0.5) is 5.13 Å². The van der Waals surface area contributed by atoms with Gasteiger partial charge >= 0.3 is 0 Å². The van der Waals surface area contributed by atoms with Gasteiger partial charge in [-0.3, -0.25) is 9.59 Å². The molecule has 1 amide bonds. The summed E-state index contributed by atoms with van der Waals surface area (Å²) in [6.45, 7) is 4.51. The predicted octanol–water partition coefficient (Wildman–Crippen LogP) is 2.06. The number of Topliss-reactive ketones (excluding diaryl/α,β-unsaturated/α-hetero) is 1. The molecule has 0 aliphatic carbocycles. The summed E-state index contributed by atoms with van der Waals surface area (Å²) in [5.74, 6) is 0.474. The highest BCUT2D eigenvalue weighted by Gasteiger charge is 2.26. The molecule has 1 saturated heterocycles. The third kappa shape index (κ3) is 3.61. The summed E-state index contributed by atoms with van der Waals surface area (Å²) in [6.07, 6.45) is 3.11. The minimum Gasteiger partial charge on any atom is -0.306 e. The van der Waals surface area contributed by atoms with Gasteiger partial charge in [0.1, 0.15) is 5.69 Å². The van der Waals surface area contributed by atoms with Crippen molar-refractivity contribution in [1.29, 1.82) is 0 Å². The minimum atomic E-state index is -0.150. The zero-order chi connectivity index (χ0) is 13.8. The van der Waals surface area contributed by atoms with Crippen LogP contribution in [0.2, 0.25) is 0 Å². The number of thiazole rings is 1. The Bertz CT molecular complexity index is 472. The van der Waals surface area contributed by atoms with E-state index in [9.17, 15) is 9.59 Å². The van der Waals surface area contributed by atoms with E-state index in [1.807, 2.05) is 0 Å². The molecule has 0 saturated carbocycles. The molecule has 5 nitrogen and oxygen atoms in total. The van der Waals surface area contributed by atoms with E-state index in [1.165, 1.54) is 18.3 Å². The number of rotatable bonds is 4. The van der Waals surface area contributed by atoms with Gasteiger partial charge in [-0.1, -0.05) is 13.3 Å². The lowest BCUT2D eigenvalue weighted by molar-refractivity contribution is -0.119. The van der Waals surface area contributed by atoms with Crippen LogP contribution in [0.3, 0.4) is 0 Å². The minimum absolute atomic E-state index is 0.0531. The number of aromatic nitrogens is 1. The molecule has 1 aromatic rings. The largest absolute Gasteiger partial charge is 0.306 e. The van der Waals surface area contributed by atoms with Crippen LogP contribution in [0.25, 0.3) is 0 Å². The fourth-order valence-electron chi connectivity index (χ4n) is 2.25. The van der Waals surface area contributed by atoms with Crippen LogP contribution in [0.1, 0.15) is 43.6 Å². The number of anilines is 1. The first kappa shape index (κ1) is 14.1. The molecule has 19 heavy (non-hydrogen) atoms. The van der Waals surface area contributed by atoms with Crippen molar-refractivity contribution < 1.29 is 9.59 Å². The number of amides is 1. The third-order valence-corrected chi connectivity index (χ3v) is 4.26. The summed E-state index contributed by atoms with van der Waals surface area (Å²) in [6, 6.07) is -0.150. The molecule has 1 aliphatic rings. The summed E-state index contributed by atoms with van der Waals surface area (Å²) in [7, 11) is 0. The number of hydrogen-bond donors (Lipinski definition) is 2. The van der Waals surface area contributed by atoms with E-state index in [1.54, 1.807) is 5.38 Å². The lowest BCUT2D eigenvalue weighted by Crippen LogP contribution is -2.46. The van der Waals surface area contributed by atoms with Gasteiger partial charge < -0.3 is 10.6 Å². The summed E-state index contributed by atoms with van der Waals surface area (Å²) >= 11 is 1.29. The molecule has 1 aliphatic heterocycles. The first-order chi connectivity index (χ1) is 9.10. The molecule has 0 radical (unpaired) electrons. The van der Waals surface area contributed by atoms with E-state index in [-0.39, 0.29) is 17.7 Å². The topological polar surface area (TPSA) is 71.1 Å². The molecular weight excluding hydrogens is 262 g/mol. The first-order valence-corrected chi connectivity index (χ1v) is 7.48. The highest BCUT2D eigenvalue weighted by atomic mass is 32.1. The Hall–Kier alpha value is -1.27. The Labute approximate surface area is 116 Å². The number of carbonyl (C=O) groups excluding carboxylic acids is 2. The Morgan fingerprint density at radius 1 is 1.58 bits per heavy atom. The second kappa shape index (κ2) is 6.25. The summed E-state index contributed by atoms with van der Waals surface area (Å²) in [5.41, 5.74) is 0.406. The van der Waals surface area contributed by atoms with Crippen LogP contribution in [-0.2, 0) is 4.79 Å². The normalized spacial score (nSPS) is 23.1. The van der Waals surface area contributed by atoms with Crippen LogP contribution in [0, 0.1) is 5.92 Å². The Morgan fingerprint density at radius 3 is 3.00 bits per heavy atom. The average Bonchev–Trinajstić information content (AvgIpc) is 2.87. The van der Waals surface area contributed by atoms with Gasteiger partial charge in [0.15, 0.2) is 10.9 Å². The van der Waals surface area contributed by atoms with Crippen molar-refractivity contribution in [3.05, 3.63) is 11.1 Å². The molecular formula is C13H19N3O2S. The second-order valence-electron chi connectivity index (χ2n) is 4.89. The Kier molecular flexibility index (Phi) is 4.66. The van der Waals surface area contributed by atoms with Crippen molar-refractivity contribution >= 4 is 28.2 Å². The fraction of sp³-hybridized carbons (Fsp3) is 0.615. The molecule has 2 rings (SSSR count). The number of nitrogens with one attached hydrogen (secondary N) is 2. The third-order valence-electron chi connectivity index (χ3n) is 3.50. The van der Waals surface area contributed by atoms with Crippen LogP contribution < -0.4 is 10.6 Å².